The summed E-state index contributed by atoms with van der Waals surface area (Å²) in [4.78, 5) is 36.9. The maximum Gasteiger partial charge on any atom is 0.412 e. The summed E-state index contributed by atoms with van der Waals surface area (Å²) in [5, 5.41) is 7.27. The number of hydrogen-bond acceptors (Lipinski definition) is 6. The number of carbonyl (C=O) groups excluding carboxylic acids is 2. The topological polar surface area (TPSA) is 115 Å². The third-order valence-corrected chi connectivity index (χ3v) is 8.50. The van der Waals surface area contributed by atoms with Crippen LogP contribution in [-0.2, 0) is 12.8 Å². The molecule has 0 saturated carbocycles. The molecular weight excluding hydrogens is 580 g/mol. The molecule has 2 aromatic heterocycles. The van der Waals surface area contributed by atoms with Gasteiger partial charge in [0.2, 0.25) is 0 Å². The number of fused-ring (bicyclic) bond motifs is 2. The highest BCUT2D eigenvalue weighted by Gasteiger charge is 2.19. The Kier molecular flexibility index (Phi) is 12.1. The fourth-order valence-corrected chi connectivity index (χ4v) is 6.33. The Morgan fingerprint density at radius 1 is 0.630 bits per heavy atom. The Bertz CT molecular complexity index is 1450. The van der Waals surface area contributed by atoms with Gasteiger partial charge in [0.25, 0.3) is 0 Å². The van der Waals surface area contributed by atoms with E-state index in [0.717, 1.165) is 58.9 Å². The molecule has 0 radical (unpaired) electrons. The largest absolute Gasteiger partial charge is 0.412 e. The molecule has 250 valence electrons. The molecule has 0 spiro atoms. The Morgan fingerprint density at radius 2 is 1.00 bits per heavy atom. The van der Waals surface area contributed by atoms with Crippen molar-refractivity contribution in [1.82, 2.24) is 30.4 Å². The van der Waals surface area contributed by atoms with E-state index >= 15 is 0 Å². The first-order valence-electron chi connectivity index (χ1n) is 16.6. The summed E-state index contributed by atoms with van der Waals surface area (Å²) in [6, 6.07) is 13.0. The molecule has 0 atom stereocenters. The normalized spacial score (nSPS) is 12.0. The van der Waals surface area contributed by atoms with Crippen molar-refractivity contribution in [3.05, 3.63) is 59.9 Å². The van der Waals surface area contributed by atoms with Crippen molar-refractivity contribution in [3.8, 4) is 11.5 Å². The minimum Gasteiger partial charge on any atom is -0.410 e. The van der Waals surface area contributed by atoms with E-state index in [9.17, 15) is 9.59 Å². The second-order valence-corrected chi connectivity index (χ2v) is 13.0. The lowest BCUT2D eigenvalue weighted by atomic mass is 10.1. The standard InChI is InChI=1S/C36H52N6O4/c1-23(2)41(24(3)4)19-15-27-21-39-29-11-9-13-31(33(27)29)45-35(43)37-17-18-38-36(44)46-32-14-10-12-30-34(32)28(22-40-30)16-20-42(25(5)6)26(7)8/h9-14,21-26,39-40H,15-20H2,1-8H3,(H,37,43)(H,38,44). The number of amides is 2. The molecule has 0 saturated heterocycles. The molecule has 0 aliphatic carbocycles. The number of nitrogens with one attached hydrogen (secondary N) is 4. The number of H-pyrrole nitrogens is 2. The number of aromatic amines is 2. The zero-order chi connectivity index (χ0) is 33.4. The molecule has 0 unspecified atom stereocenters. The van der Waals surface area contributed by atoms with Gasteiger partial charge in [-0.3, -0.25) is 9.80 Å². The van der Waals surface area contributed by atoms with Crippen molar-refractivity contribution < 1.29 is 19.1 Å². The molecule has 0 aliphatic heterocycles. The highest BCUT2D eigenvalue weighted by atomic mass is 16.6. The fraction of sp³-hybridized carbons (Fsp3) is 0.500. The zero-order valence-corrected chi connectivity index (χ0v) is 28.7. The van der Waals surface area contributed by atoms with Crippen LogP contribution in [0.15, 0.2) is 48.8 Å². The van der Waals surface area contributed by atoms with Crippen LogP contribution in [0.4, 0.5) is 9.59 Å². The number of rotatable bonds is 15. The fourth-order valence-electron chi connectivity index (χ4n) is 6.33. The molecular formula is C36H52N6O4. The first kappa shape index (κ1) is 34.8. The van der Waals surface area contributed by atoms with E-state index in [-0.39, 0.29) is 13.1 Å². The second-order valence-electron chi connectivity index (χ2n) is 13.0. The van der Waals surface area contributed by atoms with Gasteiger partial charge in [-0.05, 0) is 104 Å². The van der Waals surface area contributed by atoms with Gasteiger partial charge in [-0.25, -0.2) is 9.59 Å². The highest BCUT2D eigenvalue weighted by molar-refractivity contribution is 5.92. The summed E-state index contributed by atoms with van der Waals surface area (Å²) in [6.07, 6.45) is 4.48. The van der Waals surface area contributed by atoms with E-state index in [0.29, 0.717) is 35.7 Å². The minimum absolute atomic E-state index is 0.182. The molecule has 4 aromatic rings. The van der Waals surface area contributed by atoms with Crippen molar-refractivity contribution in [3.63, 3.8) is 0 Å². The third kappa shape index (κ3) is 8.82. The van der Waals surface area contributed by atoms with E-state index in [1.807, 2.05) is 36.7 Å². The predicted octanol–water partition coefficient (Wildman–Crippen LogP) is 6.85. The van der Waals surface area contributed by atoms with Crippen LogP contribution in [0.2, 0.25) is 0 Å². The van der Waals surface area contributed by atoms with Gasteiger partial charge in [-0.1, -0.05) is 12.1 Å². The van der Waals surface area contributed by atoms with Crippen molar-refractivity contribution in [2.45, 2.75) is 92.4 Å². The summed E-state index contributed by atoms with van der Waals surface area (Å²) < 4.78 is 11.4. The van der Waals surface area contributed by atoms with E-state index in [1.165, 1.54) is 0 Å². The monoisotopic (exact) mass is 632 g/mol. The molecule has 10 nitrogen and oxygen atoms in total. The molecule has 2 aromatic carbocycles. The average molecular weight is 633 g/mol. The molecule has 0 aliphatic rings. The van der Waals surface area contributed by atoms with Gasteiger partial charge in [-0.15, -0.1) is 0 Å². The van der Waals surface area contributed by atoms with E-state index in [1.54, 1.807) is 12.1 Å². The number of ether oxygens (including phenoxy) is 2. The zero-order valence-electron chi connectivity index (χ0n) is 28.7. The lowest BCUT2D eigenvalue weighted by molar-refractivity contribution is 0.177. The molecule has 4 rings (SSSR count). The lowest BCUT2D eigenvalue weighted by Crippen LogP contribution is -2.38. The molecule has 0 bridgehead atoms. The average Bonchev–Trinajstić information content (AvgIpc) is 3.60. The first-order chi connectivity index (χ1) is 22.0. The summed E-state index contributed by atoms with van der Waals surface area (Å²) in [7, 11) is 0. The van der Waals surface area contributed by atoms with E-state index < -0.39 is 12.2 Å². The first-order valence-corrected chi connectivity index (χ1v) is 16.6. The minimum atomic E-state index is -0.584. The number of nitrogens with zero attached hydrogens (tertiary/aromatic N) is 2. The predicted molar refractivity (Wildman–Crippen MR) is 186 cm³/mol. The molecule has 2 amide bonds. The van der Waals surface area contributed by atoms with Crippen LogP contribution in [0.5, 0.6) is 11.5 Å². The number of benzene rings is 2. The molecule has 0 fully saturated rings. The number of carbonyl (C=O) groups is 2. The molecule has 46 heavy (non-hydrogen) atoms. The second kappa shape index (κ2) is 16.0. The summed E-state index contributed by atoms with van der Waals surface area (Å²) in [5.74, 6) is 0.999. The van der Waals surface area contributed by atoms with Gasteiger partial charge in [0.15, 0.2) is 0 Å². The van der Waals surface area contributed by atoms with Crippen molar-refractivity contribution in [2.24, 2.45) is 0 Å². The van der Waals surface area contributed by atoms with Crippen LogP contribution < -0.4 is 20.1 Å². The Morgan fingerprint density at radius 3 is 1.35 bits per heavy atom. The summed E-state index contributed by atoms with van der Waals surface area (Å²) in [5.41, 5.74) is 4.05. The number of hydrogen-bond donors (Lipinski definition) is 4. The van der Waals surface area contributed by atoms with Crippen LogP contribution in [0, 0.1) is 0 Å². The van der Waals surface area contributed by atoms with E-state index in [2.05, 4.69) is 85.8 Å². The maximum atomic E-state index is 12.7. The van der Waals surface area contributed by atoms with E-state index in [4.69, 9.17) is 9.47 Å². The van der Waals surface area contributed by atoms with Gasteiger partial charge in [0, 0.05) is 84.5 Å². The highest BCUT2D eigenvalue weighted by Crippen LogP contribution is 2.31. The Balaban J connectivity index is 1.29. The van der Waals surface area contributed by atoms with Gasteiger partial charge < -0.3 is 30.1 Å². The lowest BCUT2D eigenvalue weighted by Gasteiger charge is -2.30. The summed E-state index contributed by atoms with van der Waals surface area (Å²) in [6.45, 7) is 19.8. The van der Waals surface area contributed by atoms with Crippen LogP contribution in [0.25, 0.3) is 21.8 Å². The maximum absolute atomic E-state index is 12.7. The van der Waals surface area contributed by atoms with Gasteiger partial charge in [0.1, 0.15) is 11.5 Å². The van der Waals surface area contributed by atoms with Gasteiger partial charge >= 0.3 is 12.2 Å². The molecule has 2 heterocycles. The molecule has 10 heteroatoms. The van der Waals surface area contributed by atoms with Crippen LogP contribution in [0.1, 0.15) is 66.5 Å². The smallest absolute Gasteiger partial charge is 0.410 e. The van der Waals surface area contributed by atoms with Gasteiger partial charge in [0.05, 0.1) is 0 Å². The number of aromatic nitrogens is 2. The van der Waals surface area contributed by atoms with Crippen molar-refractivity contribution in [1.29, 1.82) is 0 Å². The van der Waals surface area contributed by atoms with Crippen molar-refractivity contribution >= 4 is 34.0 Å². The van der Waals surface area contributed by atoms with Gasteiger partial charge in [-0.2, -0.15) is 0 Å². The van der Waals surface area contributed by atoms with Crippen LogP contribution in [-0.4, -0.2) is 82.3 Å². The Labute approximate surface area is 273 Å². The van der Waals surface area contributed by atoms with Crippen LogP contribution in [0.3, 0.4) is 0 Å². The quantitative estimate of drug-likeness (QED) is 0.107. The summed E-state index contributed by atoms with van der Waals surface area (Å²) >= 11 is 0. The molecule has 4 N–H and O–H groups in total. The SMILES string of the molecule is CC(C)N(CCc1c[nH]c2cccc(OC(=O)NCCNC(=O)Oc3cccc4[nH]cc(CCN(C(C)C)C(C)C)c34)c12)C(C)C. The Hall–Kier alpha value is -4.02. The third-order valence-electron chi connectivity index (χ3n) is 8.50. The van der Waals surface area contributed by atoms with Crippen molar-refractivity contribution in [2.75, 3.05) is 26.2 Å². The van der Waals surface area contributed by atoms with Crippen LogP contribution >= 0.6 is 0 Å².